The second-order valence-electron chi connectivity index (χ2n) is 10.1. The average Bonchev–Trinajstić information content (AvgIpc) is 3.05. The monoisotopic (exact) mass is 525 g/mol. The molecule has 0 atom stereocenters. The third kappa shape index (κ3) is 4.05. The molecule has 6 aromatic carbocycles. The van der Waals surface area contributed by atoms with E-state index < -0.39 is 0 Å². The number of hydrogen-bond acceptors (Lipinski definition) is 4. The summed E-state index contributed by atoms with van der Waals surface area (Å²) in [4.78, 5) is 15.0. The van der Waals surface area contributed by atoms with E-state index in [4.69, 9.17) is 19.7 Å². The van der Waals surface area contributed by atoms with Crippen LogP contribution in [0.5, 0.6) is 11.5 Å². The highest BCUT2D eigenvalue weighted by atomic mass is 16.5. The number of rotatable bonds is 4. The zero-order chi connectivity index (χ0) is 27.2. The molecule has 41 heavy (non-hydrogen) atoms. The second-order valence-corrected chi connectivity index (χ2v) is 10.1. The van der Waals surface area contributed by atoms with Gasteiger partial charge in [0, 0.05) is 27.6 Å². The Labute approximate surface area is 237 Å². The third-order valence-corrected chi connectivity index (χ3v) is 7.54. The molecule has 192 valence electrons. The first-order valence-corrected chi connectivity index (χ1v) is 13.6. The largest absolute Gasteiger partial charge is 0.456 e. The molecule has 0 saturated heterocycles. The Hall–Kier alpha value is -5.61. The maximum Gasteiger partial charge on any atom is 0.164 e. The van der Waals surface area contributed by atoms with Gasteiger partial charge in [-0.1, -0.05) is 121 Å². The summed E-state index contributed by atoms with van der Waals surface area (Å²) in [6.45, 7) is 0. The quantitative estimate of drug-likeness (QED) is 0.230. The number of benzene rings is 6. The minimum atomic E-state index is 0.597. The van der Waals surface area contributed by atoms with Crippen LogP contribution in [0, 0.1) is 0 Å². The van der Waals surface area contributed by atoms with Gasteiger partial charge in [0.15, 0.2) is 17.5 Å². The van der Waals surface area contributed by atoms with E-state index in [-0.39, 0.29) is 0 Å². The van der Waals surface area contributed by atoms with Gasteiger partial charge in [0.25, 0.3) is 0 Å². The molecule has 1 aliphatic heterocycles. The number of aromatic nitrogens is 3. The van der Waals surface area contributed by atoms with E-state index in [2.05, 4.69) is 60.7 Å². The van der Waals surface area contributed by atoms with Gasteiger partial charge in [0.05, 0.1) is 0 Å². The van der Waals surface area contributed by atoms with Crippen LogP contribution in [-0.2, 0) is 0 Å². The summed E-state index contributed by atoms with van der Waals surface area (Å²) in [6, 6.07) is 47.4. The summed E-state index contributed by atoms with van der Waals surface area (Å²) in [5, 5.41) is 2.31. The van der Waals surface area contributed by atoms with Gasteiger partial charge in [-0.2, -0.15) is 0 Å². The van der Waals surface area contributed by atoms with Crippen LogP contribution in [0.2, 0.25) is 0 Å². The van der Waals surface area contributed by atoms with Gasteiger partial charge >= 0.3 is 0 Å². The molecule has 0 unspecified atom stereocenters. The molecule has 2 heterocycles. The molecule has 0 aliphatic carbocycles. The van der Waals surface area contributed by atoms with Gasteiger partial charge in [-0.3, -0.25) is 0 Å². The van der Waals surface area contributed by atoms with Crippen LogP contribution in [0.4, 0.5) is 0 Å². The van der Waals surface area contributed by atoms with Gasteiger partial charge < -0.3 is 4.74 Å². The number of ether oxygens (including phenoxy) is 1. The van der Waals surface area contributed by atoms with Crippen molar-refractivity contribution in [2.24, 2.45) is 0 Å². The predicted octanol–water partition coefficient (Wildman–Crippen LogP) is 9.47. The van der Waals surface area contributed by atoms with E-state index in [9.17, 15) is 0 Å². The first-order valence-electron chi connectivity index (χ1n) is 13.6. The molecule has 7 aromatic rings. The first kappa shape index (κ1) is 23.3. The van der Waals surface area contributed by atoms with Crippen molar-refractivity contribution in [3.8, 4) is 67.9 Å². The molecular weight excluding hydrogens is 502 g/mol. The maximum absolute atomic E-state index is 6.45. The summed E-state index contributed by atoms with van der Waals surface area (Å²) in [6.07, 6.45) is 0. The highest BCUT2D eigenvalue weighted by Gasteiger charge is 2.22. The standard InChI is InChI=1S/C37H23N3O/c1-3-11-24(12-4-1)28-17-7-8-18-31(28)37-39-35(26-13-5-2-6-14-26)38-36(40-37)27-21-22-29-30-19-9-15-25-16-10-20-32(34(25)30)41-33(29)23-27/h1-23H. The molecule has 8 rings (SSSR count). The molecule has 1 aliphatic rings. The van der Waals surface area contributed by atoms with Crippen molar-refractivity contribution in [3.05, 3.63) is 140 Å². The molecule has 0 radical (unpaired) electrons. The van der Waals surface area contributed by atoms with Crippen LogP contribution in [0.3, 0.4) is 0 Å². The lowest BCUT2D eigenvalue weighted by Gasteiger charge is -2.21. The summed E-state index contributed by atoms with van der Waals surface area (Å²) in [5.74, 6) is 3.51. The molecule has 4 heteroatoms. The minimum Gasteiger partial charge on any atom is -0.456 e. The minimum absolute atomic E-state index is 0.597. The van der Waals surface area contributed by atoms with E-state index in [1.165, 1.54) is 10.9 Å². The van der Waals surface area contributed by atoms with Crippen molar-refractivity contribution in [1.29, 1.82) is 0 Å². The van der Waals surface area contributed by atoms with E-state index in [1.807, 2.05) is 78.9 Å². The molecule has 0 bridgehead atoms. The van der Waals surface area contributed by atoms with Crippen molar-refractivity contribution in [1.82, 2.24) is 15.0 Å². The lowest BCUT2D eigenvalue weighted by Crippen LogP contribution is -2.02. The van der Waals surface area contributed by atoms with Crippen LogP contribution in [-0.4, -0.2) is 15.0 Å². The van der Waals surface area contributed by atoms with Crippen LogP contribution in [0.15, 0.2) is 140 Å². The fraction of sp³-hybridized carbons (Fsp3) is 0. The smallest absolute Gasteiger partial charge is 0.164 e. The Morgan fingerprint density at radius 1 is 0.366 bits per heavy atom. The van der Waals surface area contributed by atoms with Crippen molar-refractivity contribution in [2.75, 3.05) is 0 Å². The Bertz CT molecular complexity index is 2070. The third-order valence-electron chi connectivity index (χ3n) is 7.54. The lowest BCUT2D eigenvalue weighted by atomic mass is 9.94. The number of hydrogen-bond donors (Lipinski definition) is 0. The molecular formula is C37H23N3O. The Morgan fingerprint density at radius 3 is 1.76 bits per heavy atom. The fourth-order valence-corrected chi connectivity index (χ4v) is 5.59. The summed E-state index contributed by atoms with van der Waals surface area (Å²) in [5.41, 5.74) is 7.17. The molecule has 0 fully saturated rings. The van der Waals surface area contributed by atoms with Gasteiger partial charge in [0.2, 0.25) is 0 Å². The van der Waals surface area contributed by atoms with E-state index in [1.54, 1.807) is 0 Å². The van der Waals surface area contributed by atoms with Gasteiger partial charge in [-0.15, -0.1) is 0 Å². The van der Waals surface area contributed by atoms with Crippen LogP contribution in [0.1, 0.15) is 0 Å². The Morgan fingerprint density at radius 2 is 0.976 bits per heavy atom. The normalized spacial score (nSPS) is 11.6. The lowest BCUT2D eigenvalue weighted by molar-refractivity contribution is 0.487. The first-order chi connectivity index (χ1) is 20.3. The SMILES string of the molecule is c1ccc(-c2nc(-c3ccc4c(c3)Oc3cccc5cccc-4c35)nc(-c3ccccc3-c3ccccc3)n2)cc1. The Kier molecular flexibility index (Phi) is 5.42. The van der Waals surface area contributed by atoms with Crippen molar-refractivity contribution in [3.63, 3.8) is 0 Å². The summed E-state index contributed by atoms with van der Waals surface area (Å²) in [7, 11) is 0. The van der Waals surface area contributed by atoms with E-state index in [0.717, 1.165) is 50.3 Å². The highest BCUT2D eigenvalue weighted by molar-refractivity contribution is 6.04. The molecule has 0 spiro atoms. The molecule has 1 aromatic heterocycles. The van der Waals surface area contributed by atoms with Crippen molar-refractivity contribution >= 4 is 10.8 Å². The van der Waals surface area contributed by atoms with Gasteiger partial charge in [0.1, 0.15) is 11.5 Å². The topological polar surface area (TPSA) is 47.9 Å². The van der Waals surface area contributed by atoms with Gasteiger partial charge in [-0.25, -0.2) is 15.0 Å². The number of fused-ring (bicyclic) bond motifs is 2. The van der Waals surface area contributed by atoms with Crippen LogP contribution < -0.4 is 4.74 Å². The average molecular weight is 526 g/mol. The summed E-state index contributed by atoms with van der Waals surface area (Å²) >= 11 is 0. The molecule has 0 N–H and O–H groups in total. The maximum atomic E-state index is 6.45. The van der Waals surface area contributed by atoms with E-state index in [0.29, 0.717) is 17.5 Å². The molecule has 0 saturated carbocycles. The van der Waals surface area contributed by atoms with Gasteiger partial charge in [-0.05, 0) is 40.3 Å². The predicted molar refractivity (Wildman–Crippen MR) is 165 cm³/mol. The van der Waals surface area contributed by atoms with E-state index >= 15 is 0 Å². The van der Waals surface area contributed by atoms with Crippen molar-refractivity contribution in [2.45, 2.75) is 0 Å². The van der Waals surface area contributed by atoms with Crippen molar-refractivity contribution < 1.29 is 4.74 Å². The molecule has 0 amide bonds. The van der Waals surface area contributed by atoms with Crippen LogP contribution in [0.25, 0.3) is 67.2 Å². The second kappa shape index (κ2) is 9.54. The zero-order valence-corrected chi connectivity index (χ0v) is 22.0. The Balaban J connectivity index is 1.31. The highest BCUT2D eigenvalue weighted by Crippen LogP contribution is 2.47. The molecule has 4 nitrogen and oxygen atoms in total. The zero-order valence-electron chi connectivity index (χ0n) is 22.0. The number of nitrogens with zero attached hydrogens (tertiary/aromatic N) is 3. The summed E-state index contributed by atoms with van der Waals surface area (Å²) < 4.78 is 6.45. The fourth-order valence-electron chi connectivity index (χ4n) is 5.59. The van der Waals surface area contributed by atoms with Crippen LogP contribution >= 0.6 is 0 Å².